The van der Waals surface area contributed by atoms with Gasteiger partial charge in [0, 0.05) is 22.6 Å². The topological polar surface area (TPSA) is 41.6 Å². The van der Waals surface area contributed by atoms with Crippen molar-refractivity contribution in [3.05, 3.63) is 62.5 Å². The highest BCUT2D eigenvalue weighted by Crippen LogP contribution is 2.27. The Bertz CT molecular complexity index is 786. The Kier molecular flexibility index (Phi) is 6.59. The van der Waals surface area contributed by atoms with E-state index in [1.807, 2.05) is 31.2 Å². The minimum absolute atomic E-state index is 0.0498. The number of carbonyl (C=O) groups excluding carboxylic acids is 1. The number of amides is 1. The zero-order chi connectivity index (χ0) is 18.7. The molecule has 2 unspecified atom stereocenters. The van der Waals surface area contributed by atoms with E-state index in [1.165, 1.54) is 0 Å². The summed E-state index contributed by atoms with van der Waals surface area (Å²) in [4.78, 5) is 14.8. The van der Waals surface area contributed by atoms with E-state index in [0.717, 1.165) is 10.0 Å². The fourth-order valence-electron chi connectivity index (χ4n) is 2.89. The number of nitrogens with zero attached hydrogens (tertiary/aromatic N) is 1. The maximum Gasteiger partial charge on any atom is 0.241 e. The number of morpholine rings is 1. The predicted molar refractivity (Wildman–Crippen MR) is 109 cm³/mol. The highest BCUT2D eigenvalue weighted by atomic mass is 79.9. The Balaban J connectivity index is 1.65. The number of hydrogen-bond donors (Lipinski definition) is 1. The van der Waals surface area contributed by atoms with Gasteiger partial charge in [-0.15, -0.1) is 0 Å². The molecule has 0 saturated carbocycles. The summed E-state index contributed by atoms with van der Waals surface area (Å²) in [7, 11) is 0. The fourth-order valence-corrected chi connectivity index (χ4v) is 3.61. The molecule has 0 aliphatic carbocycles. The smallest absolute Gasteiger partial charge is 0.241 e. The van der Waals surface area contributed by atoms with Gasteiger partial charge in [-0.3, -0.25) is 9.69 Å². The lowest BCUT2D eigenvalue weighted by atomic mass is 10.1. The van der Waals surface area contributed by atoms with Gasteiger partial charge >= 0.3 is 0 Å². The van der Waals surface area contributed by atoms with Crippen molar-refractivity contribution in [3.8, 4) is 0 Å². The van der Waals surface area contributed by atoms with Crippen LogP contribution in [0.1, 0.15) is 18.6 Å². The van der Waals surface area contributed by atoms with Gasteiger partial charge in [0.05, 0.1) is 29.5 Å². The van der Waals surface area contributed by atoms with E-state index in [2.05, 4.69) is 26.1 Å². The quantitative estimate of drug-likeness (QED) is 0.689. The van der Waals surface area contributed by atoms with Crippen LogP contribution in [0.5, 0.6) is 0 Å². The van der Waals surface area contributed by atoms with Crippen molar-refractivity contribution in [2.45, 2.75) is 19.1 Å². The molecule has 7 heteroatoms. The lowest BCUT2D eigenvalue weighted by molar-refractivity contribution is -0.124. The molecule has 2 aromatic rings. The van der Waals surface area contributed by atoms with Gasteiger partial charge in [-0.25, -0.2) is 0 Å². The van der Waals surface area contributed by atoms with Crippen LogP contribution in [0.3, 0.4) is 0 Å². The van der Waals surface area contributed by atoms with Gasteiger partial charge in [0.1, 0.15) is 0 Å². The van der Waals surface area contributed by atoms with Gasteiger partial charge in [0.15, 0.2) is 0 Å². The van der Waals surface area contributed by atoms with E-state index in [0.29, 0.717) is 35.4 Å². The van der Waals surface area contributed by atoms with E-state index >= 15 is 0 Å². The maximum absolute atomic E-state index is 12.6. The molecule has 3 rings (SSSR count). The first-order valence-corrected chi connectivity index (χ1v) is 9.86. The molecule has 1 saturated heterocycles. The highest BCUT2D eigenvalue weighted by Gasteiger charge is 2.29. The maximum atomic E-state index is 12.6. The molecule has 0 bridgehead atoms. The van der Waals surface area contributed by atoms with Crippen LogP contribution in [0.4, 0.5) is 5.69 Å². The summed E-state index contributed by atoms with van der Waals surface area (Å²) < 4.78 is 6.92. The molecule has 26 heavy (non-hydrogen) atoms. The molecule has 2 atom stereocenters. The fraction of sp³-hybridized carbons (Fsp3) is 0.316. The number of hydrogen-bond acceptors (Lipinski definition) is 3. The standard InChI is InChI=1S/C19H19BrCl2N2O2/c1-12(19(25)23-17-7-6-15(21)10-16(17)22)24-8-9-26-18(11-24)13-2-4-14(20)5-3-13/h2-7,10,12,18H,8-9,11H2,1H3,(H,23,25). The zero-order valence-corrected chi connectivity index (χ0v) is 17.3. The summed E-state index contributed by atoms with van der Waals surface area (Å²) in [6.07, 6.45) is -0.0498. The van der Waals surface area contributed by atoms with Crippen molar-refractivity contribution in [2.24, 2.45) is 0 Å². The lowest BCUT2D eigenvalue weighted by Crippen LogP contribution is -2.48. The van der Waals surface area contributed by atoms with Gasteiger partial charge < -0.3 is 10.1 Å². The van der Waals surface area contributed by atoms with Gasteiger partial charge in [-0.05, 0) is 42.8 Å². The molecule has 2 aromatic carbocycles. The summed E-state index contributed by atoms with van der Waals surface area (Å²) in [5.74, 6) is -0.106. The van der Waals surface area contributed by atoms with E-state index in [4.69, 9.17) is 27.9 Å². The van der Waals surface area contributed by atoms with Crippen LogP contribution in [0, 0.1) is 0 Å². The molecule has 0 radical (unpaired) electrons. The minimum atomic E-state index is -0.302. The number of benzene rings is 2. The second-order valence-electron chi connectivity index (χ2n) is 6.20. The third-order valence-electron chi connectivity index (χ3n) is 4.46. The summed E-state index contributed by atoms with van der Waals surface area (Å²) in [5, 5.41) is 3.84. The van der Waals surface area contributed by atoms with Crippen LogP contribution >= 0.6 is 39.1 Å². The molecule has 1 amide bonds. The SMILES string of the molecule is CC(C(=O)Nc1ccc(Cl)cc1Cl)N1CCOC(c2ccc(Br)cc2)C1. The van der Waals surface area contributed by atoms with Gasteiger partial charge in [0.2, 0.25) is 5.91 Å². The number of ether oxygens (including phenoxy) is 1. The average molecular weight is 458 g/mol. The molecule has 4 nitrogen and oxygen atoms in total. The first kappa shape index (κ1) is 19.6. The lowest BCUT2D eigenvalue weighted by Gasteiger charge is -2.36. The highest BCUT2D eigenvalue weighted by molar-refractivity contribution is 9.10. The monoisotopic (exact) mass is 456 g/mol. The molecule has 1 aliphatic heterocycles. The van der Waals surface area contributed by atoms with E-state index in [-0.39, 0.29) is 18.1 Å². The van der Waals surface area contributed by atoms with Crippen molar-refractivity contribution < 1.29 is 9.53 Å². The first-order chi connectivity index (χ1) is 12.4. The van der Waals surface area contributed by atoms with E-state index < -0.39 is 0 Å². The predicted octanol–water partition coefficient (Wildman–Crippen LogP) is 5.16. The van der Waals surface area contributed by atoms with Gasteiger partial charge in [0.25, 0.3) is 0 Å². The summed E-state index contributed by atoms with van der Waals surface area (Å²) in [6, 6.07) is 12.8. The van der Waals surface area contributed by atoms with E-state index in [9.17, 15) is 4.79 Å². The summed E-state index contributed by atoms with van der Waals surface area (Å²) in [5.41, 5.74) is 1.66. The molecule has 1 N–H and O–H groups in total. The molecular weight excluding hydrogens is 439 g/mol. The molecule has 1 heterocycles. The van der Waals surface area contributed by atoms with Crippen molar-refractivity contribution in [3.63, 3.8) is 0 Å². The number of rotatable bonds is 4. The van der Waals surface area contributed by atoms with E-state index in [1.54, 1.807) is 18.2 Å². The van der Waals surface area contributed by atoms with Crippen LogP contribution in [0.25, 0.3) is 0 Å². The Labute approximate surface area is 171 Å². The molecular formula is C19H19BrCl2N2O2. The largest absolute Gasteiger partial charge is 0.371 e. The molecule has 1 aliphatic rings. The minimum Gasteiger partial charge on any atom is -0.371 e. The van der Waals surface area contributed by atoms with Crippen LogP contribution in [0.15, 0.2) is 46.9 Å². The first-order valence-electron chi connectivity index (χ1n) is 8.31. The third kappa shape index (κ3) is 4.78. The number of nitrogens with one attached hydrogen (secondary N) is 1. The third-order valence-corrected chi connectivity index (χ3v) is 5.53. The van der Waals surface area contributed by atoms with Crippen LogP contribution in [-0.2, 0) is 9.53 Å². The van der Waals surface area contributed by atoms with Crippen molar-refractivity contribution >= 4 is 50.7 Å². The van der Waals surface area contributed by atoms with Crippen LogP contribution in [0.2, 0.25) is 10.0 Å². The molecule has 138 valence electrons. The number of carbonyl (C=O) groups is 1. The zero-order valence-electron chi connectivity index (χ0n) is 14.2. The summed E-state index contributed by atoms with van der Waals surface area (Å²) >= 11 is 15.5. The van der Waals surface area contributed by atoms with Crippen molar-refractivity contribution in [1.82, 2.24) is 4.90 Å². The summed E-state index contributed by atoms with van der Waals surface area (Å²) in [6.45, 7) is 3.84. The molecule has 0 aromatic heterocycles. The van der Waals surface area contributed by atoms with Gasteiger partial charge in [-0.2, -0.15) is 0 Å². The average Bonchev–Trinajstić information content (AvgIpc) is 2.64. The second kappa shape index (κ2) is 8.72. The van der Waals surface area contributed by atoms with Crippen LogP contribution in [-0.4, -0.2) is 36.5 Å². The Morgan fingerprint density at radius 1 is 1.27 bits per heavy atom. The Morgan fingerprint density at radius 2 is 2.00 bits per heavy atom. The van der Waals surface area contributed by atoms with Crippen LogP contribution < -0.4 is 5.32 Å². The van der Waals surface area contributed by atoms with Gasteiger partial charge in [-0.1, -0.05) is 51.3 Å². The Hall–Kier alpha value is -1.11. The van der Waals surface area contributed by atoms with Crippen molar-refractivity contribution in [1.29, 1.82) is 0 Å². The normalized spacial score (nSPS) is 19.2. The van der Waals surface area contributed by atoms with Crippen molar-refractivity contribution in [2.75, 3.05) is 25.0 Å². The number of halogens is 3. The molecule has 1 fully saturated rings. The Morgan fingerprint density at radius 3 is 2.69 bits per heavy atom. The second-order valence-corrected chi connectivity index (χ2v) is 7.95. The number of anilines is 1. The molecule has 0 spiro atoms.